The highest BCUT2D eigenvalue weighted by molar-refractivity contribution is 6.09. The first-order valence-electron chi connectivity index (χ1n) is 11.1. The molecule has 1 aromatic carbocycles. The Balaban J connectivity index is 1.34. The first-order chi connectivity index (χ1) is 16.8. The molecule has 3 heterocycles. The second-order valence-corrected chi connectivity index (χ2v) is 8.95. The third kappa shape index (κ3) is 4.67. The number of aromatic nitrogens is 2. The van der Waals surface area contributed by atoms with Gasteiger partial charge in [-0.3, -0.25) is 9.59 Å². The third-order valence-electron chi connectivity index (χ3n) is 5.56. The standard InChI is InChI=1S/C26H23N5O4/c1-26(2,34)15-35-18-11-12-31-22(13-18)21(14-27-31)24(32)28-17-9-7-16(8-10-17)23-19-5-3-4-6-20(19)25(33)30-29-23/h3-14,20,34H,15H2,1-2H3,(H,28,32). The van der Waals surface area contributed by atoms with Crippen molar-refractivity contribution < 1.29 is 19.4 Å². The monoisotopic (exact) mass is 469 g/mol. The number of allylic oxidation sites excluding steroid dienone is 3. The summed E-state index contributed by atoms with van der Waals surface area (Å²) in [5.74, 6) is -0.494. The summed E-state index contributed by atoms with van der Waals surface area (Å²) < 4.78 is 7.23. The molecule has 0 saturated heterocycles. The molecule has 1 atom stereocenters. The van der Waals surface area contributed by atoms with Gasteiger partial charge in [-0.2, -0.15) is 5.10 Å². The number of azo groups is 1. The Hall–Kier alpha value is -4.37. The fraction of sp³-hybridized carbons (Fsp3) is 0.192. The number of hydrogen-bond acceptors (Lipinski definition) is 6. The van der Waals surface area contributed by atoms with E-state index in [9.17, 15) is 14.7 Å². The van der Waals surface area contributed by atoms with Crippen LogP contribution in [0.1, 0.15) is 29.8 Å². The van der Waals surface area contributed by atoms with Crippen molar-refractivity contribution in [2.75, 3.05) is 11.9 Å². The van der Waals surface area contributed by atoms with Gasteiger partial charge in [-0.1, -0.05) is 36.4 Å². The lowest BCUT2D eigenvalue weighted by Crippen LogP contribution is -2.27. The van der Waals surface area contributed by atoms with Gasteiger partial charge in [0.2, 0.25) is 0 Å². The molecule has 0 spiro atoms. The molecule has 176 valence electrons. The van der Waals surface area contributed by atoms with Gasteiger partial charge in [-0.25, -0.2) is 4.52 Å². The van der Waals surface area contributed by atoms with E-state index < -0.39 is 11.5 Å². The lowest BCUT2D eigenvalue weighted by atomic mass is 9.89. The van der Waals surface area contributed by atoms with Gasteiger partial charge in [0.25, 0.3) is 11.8 Å². The van der Waals surface area contributed by atoms with Gasteiger partial charge in [0.05, 0.1) is 34.5 Å². The van der Waals surface area contributed by atoms with Crippen LogP contribution in [-0.4, -0.2) is 38.7 Å². The van der Waals surface area contributed by atoms with Gasteiger partial charge in [0.15, 0.2) is 0 Å². The minimum atomic E-state index is -0.977. The zero-order chi connectivity index (χ0) is 24.6. The van der Waals surface area contributed by atoms with Crippen LogP contribution in [-0.2, 0) is 4.79 Å². The lowest BCUT2D eigenvalue weighted by Gasteiger charge is -2.19. The molecule has 1 unspecified atom stereocenters. The number of ether oxygens (including phenoxy) is 1. The van der Waals surface area contributed by atoms with Crippen molar-refractivity contribution in [3.63, 3.8) is 0 Å². The zero-order valence-electron chi connectivity index (χ0n) is 19.2. The van der Waals surface area contributed by atoms with Gasteiger partial charge in [-0.05, 0) is 37.6 Å². The molecule has 9 nitrogen and oxygen atoms in total. The van der Waals surface area contributed by atoms with Crippen LogP contribution in [0, 0.1) is 5.92 Å². The summed E-state index contributed by atoms with van der Waals surface area (Å²) in [6, 6.07) is 10.6. The van der Waals surface area contributed by atoms with Crippen LogP contribution in [0.25, 0.3) is 11.2 Å². The van der Waals surface area contributed by atoms with E-state index >= 15 is 0 Å². The molecule has 0 fully saturated rings. The molecule has 0 radical (unpaired) electrons. The molecule has 35 heavy (non-hydrogen) atoms. The fourth-order valence-corrected chi connectivity index (χ4v) is 3.82. The summed E-state index contributed by atoms with van der Waals surface area (Å²) in [6.07, 6.45) is 10.6. The summed E-state index contributed by atoms with van der Waals surface area (Å²) in [5.41, 5.74) is 2.81. The Bertz CT molecular complexity index is 1440. The number of carbonyl (C=O) groups is 2. The molecule has 1 aliphatic carbocycles. The van der Waals surface area contributed by atoms with Crippen molar-refractivity contribution in [1.82, 2.24) is 9.61 Å². The highest BCUT2D eigenvalue weighted by Gasteiger charge is 2.27. The number of pyridine rings is 1. The van der Waals surface area contributed by atoms with Gasteiger partial charge in [0, 0.05) is 23.5 Å². The van der Waals surface area contributed by atoms with Crippen LogP contribution in [0.5, 0.6) is 5.75 Å². The molecular formula is C26H23N5O4. The molecule has 5 rings (SSSR count). The molecule has 2 amide bonds. The number of fused-ring (bicyclic) bond motifs is 2. The quantitative estimate of drug-likeness (QED) is 0.562. The van der Waals surface area contributed by atoms with Gasteiger partial charge in [-0.15, -0.1) is 10.2 Å². The average Bonchev–Trinajstić information content (AvgIpc) is 3.27. The van der Waals surface area contributed by atoms with Gasteiger partial charge in [0.1, 0.15) is 12.4 Å². The smallest absolute Gasteiger partial charge is 0.276 e. The minimum absolute atomic E-state index is 0.115. The Morgan fingerprint density at radius 1 is 1.17 bits per heavy atom. The van der Waals surface area contributed by atoms with E-state index in [0.717, 1.165) is 11.1 Å². The normalized spacial score (nSPS) is 17.1. The predicted octanol–water partition coefficient (Wildman–Crippen LogP) is 4.18. The molecule has 0 saturated carbocycles. The van der Waals surface area contributed by atoms with Crippen LogP contribution in [0.2, 0.25) is 0 Å². The number of hydrogen-bond donors (Lipinski definition) is 2. The fourth-order valence-electron chi connectivity index (χ4n) is 3.82. The van der Waals surface area contributed by atoms with E-state index in [1.54, 1.807) is 48.8 Å². The van der Waals surface area contributed by atoms with Crippen LogP contribution < -0.4 is 10.1 Å². The molecular weight excluding hydrogens is 446 g/mol. The number of anilines is 1. The Labute approximate surface area is 201 Å². The Morgan fingerprint density at radius 2 is 1.97 bits per heavy atom. The number of benzene rings is 1. The molecule has 9 heteroatoms. The number of carbonyl (C=O) groups excluding carboxylic acids is 2. The zero-order valence-corrected chi connectivity index (χ0v) is 19.2. The van der Waals surface area contributed by atoms with Crippen molar-refractivity contribution in [3.05, 3.63) is 89.8 Å². The number of amides is 2. The van der Waals surface area contributed by atoms with Gasteiger partial charge >= 0.3 is 0 Å². The number of nitrogens with one attached hydrogen (secondary N) is 1. The highest BCUT2D eigenvalue weighted by atomic mass is 16.5. The predicted molar refractivity (Wildman–Crippen MR) is 130 cm³/mol. The van der Waals surface area contributed by atoms with Crippen molar-refractivity contribution in [1.29, 1.82) is 0 Å². The Kier molecular flexibility index (Phi) is 5.62. The van der Waals surface area contributed by atoms with Crippen LogP contribution in [0.3, 0.4) is 0 Å². The average molecular weight is 470 g/mol. The second kappa shape index (κ2) is 8.77. The van der Waals surface area contributed by atoms with E-state index in [0.29, 0.717) is 28.2 Å². The Morgan fingerprint density at radius 3 is 2.74 bits per heavy atom. The molecule has 2 aliphatic rings. The maximum Gasteiger partial charge on any atom is 0.276 e. The third-order valence-corrected chi connectivity index (χ3v) is 5.56. The van der Waals surface area contributed by atoms with E-state index in [4.69, 9.17) is 4.74 Å². The maximum atomic E-state index is 13.0. The van der Waals surface area contributed by atoms with Crippen LogP contribution >= 0.6 is 0 Å². The minimum Gasteiger partial charge on any atom is -0.490 e. The van der Waals surface area contributed by atoms with Crippen molar-refractivity contribution in [3.8, 4) is 5.75 Å². The van der Waals surface area contributed by atoms with E-state index in [1.165, 1.54) is 6.20 Å². The number of rotatable bonds is 6. The molecule has 3 aromatic rings. The van der Waals surface area contributed by atoms with E-state index in [1.807, 2.05) is 36.4 Å². The van der Waals surface area contributed by atoms with Crippen molar-refractivity contribution in [2.45, 2.75) is 19.4 Å². The highest BCUT2D eigenvalue weighted by Crippen LogP contribution is 2.34. The molecule has 2 N–H and O–H groups in total. The number of aliphatic hydroxyl groups is 1. The molecule has 2 aromatic heterocycles. The summed E-state index contributed by atoms with van der Waals surface area (Å²) in [6.45, 7) is 3.43. The summed E-state index contributed by atoms with van der Waals surface area (Å²) >= 11 is 0. The van der Waals surface area contributed by atoms with E-state index in [2.05, 4.69) is 20.6 Å². The summed E-state index contributed by atoms with van der Waals surface area (Å²) in [5, 5.41) is 24.9. The maximum absolute atomic E-state index is 13.0. The summed E-state index contributed by atoms with van der Waals surface area (Å²) in [7, 11) is 0. The number of nitrogens with zero attached hydrogens (tertiary/aromatic N) is 4. The SMILES string of the molecule is CC(C)(O)COc1ccn2ncc(C(=O)Nc3ccc(C4=C5C=CC=CC5C(=O)N=N4)cc3)c2c1. The van der Waals surface area contributed by atoms with Gasteiger partial charge < -0.3 is 15.2 Å². The molecule has 0 bridgehead atoms. The lowest BCUT2D eigenvalue weighted by molar-refractivity contribution is -0.119. The molecule has 1 aliphatic heterocycles. The summed E-state index contributed by atoms with van der Waals surface area (Å²) in [4.78, 5) is 25.0. The first kappa shape index (κ1) is 22.4. The van der Waals surface area contributed by atoms with Crippen molar-refractivity contribution in [2.24, 2.45) is 16.1 Å². The first-order valence-corrected chi connectivity index (χ1v) is 11.1. The second-order valence-electron chi connectivity index (χ2n) is 8.95. The van der Waals surface area contributed by atoms with Crippen molar-refractivity contribution >= 4 is 28.7 Å². The largest absolute Gasteiger partial charge is 0.490 e. The van der Waals surface area contributed by atoms with E-state index in [-0.39, 0.29) is 18.4 Å². The van der Waals surface area contributed by atoms with Crippen LogP contribution in [0.15, 0.2) is 88.9 Å². The topological polar surface area (TPSA) is 118 Å². The van der Waals surface area contributed by atoms with Crippen LogP contribution in [0.4, 0.5) is 5.69 Å².